The second-order valence-electron chi connectivity index (χ2n) is 5.78. The van der Waals surface area contributed by atoms with E-state index in [1.54, 1.807) is 42.5 Å². The Hall–Kier alpha value is -2.41. The predicted octanol–water partition coefficient (Wildman–Crippen LogP) is 2.65. The van der Waals surface area contributed by atoms with E-state index in [-0.39, 0.29) is 9.92 Å². The highest BCUT2D eigenvalue weighted by atomic mass is 35.5. The van der Waals surface area contributed by atoms with Crippen LogP contribution in [0.5, 0.6) is 0 Å². The molecule has 0 fully saturated rings. The molecule has 3 aromatic rings. The molecule has 0 unspecified atom stereocenters. The second-order valence-corrected chi connectivity index (χ2v) is 7.90. The molecular formula is C19H15ClNO4S-. The van der Waals surface area contributed by atoms with Crippen molar-refractivity contribution in [3.63, 3.8) is 0 Å². The van der Waals surface area contributed by atoms with Gasteiger partial charge in [0.25, 0.3) is 0 Å². The van der Waals surface area contributed by atoms with E-state index in [4.69, 9.17) is 11.6 Å². The smallest absolute Gasteiger partial charge is 0.241 e. The first-order valence-electron chi connectivity index (χ1n) is 7.82. The third kappa shape index (κ3) is 4.04. The molecule has 1 atom stereocenters. The Morgan fingerprint density at radius 3 is 2.35 bits per heavy atom. The monoisotopic (exact) mass is 388 g/mol. The van der Waals surface area contributed by atoms with E-state index in [0.717, 1.165) is 10.8 Å². The molecule has 5 nitrogen and oxygen atoms in total. The van der Waals surface area contributed by atoms with E-state index in [1.165, 1.54) is 6.07 Å². The van der Waals surface area contributed by atoms with Gasteiger partial charge in [-0.15, -0.1) is 0 Å². The minimum atomic E-state index is -3.96. The van der Waals surface area contributed by atoms with Crippen molar-refractivity contribution in [1.82, 2.24) is 4.72 Å². The maximum atomic E-state index is 12.8. The van der Waals surface area contributed by atoms with Crippen LogP contribution in [0.3, 0.4) is 0 Å². The van der Waals surface area contributed by atoms with Gasteiger partial charge in [0.05, 0.1) is 10.9 Å². The summed E-state index contributed by atoms with van der Waals surface area (Å²) < 4.78 is 28.0. The van der Waals surface area contributed by atoms with E-state index in [0.29, 0.717) is 5.56 Å². The van der Waals surface area contributed by atoms with Gasteiger partial charge in [0, 0.05) is 17.4 Å². The third-order valence-electron chi connectivity index (χ3n) is 3.98. The Morgan fingerprint density at radius 1 is 1.00 bits per heavy atom. The molecule has 0 amide bonds. The van der Waals surface area contributed by atoms with Crippen LogP contribution in [-0.2, 0) is 14.8 Å². The Labute approximate surface area is 156 Å². The normalized spacial score (nSPS) is 12.8. The van der Waals surface area contributed by atoms with E-state index in [9.17, 15) is 18.3 Å². The number of fused-ring (bicyclic) bond motifs is 1. The molecule has 0 radical (unpaired) electrons. The zero-order valence-corrected chi connectivity index (χ0v) is 15.1. The van der Waals surface area contributed by atoms with Gasteiger partial charge in [0.2, 0.25) is 10.0 Å². The number of benzene rings is 3. The van der Waals surface area contributed by atoms with Crippen LogP contribution in [0.1, 0.15) is 18.0 Å². The molecular weight excluding hydrogens is 374 g/mol. The zero-order chi connectivity index (χ0) is 18.7. The molecule has 0 aliphatic rings. The number of carboxylic acid groups (broad SMARTS) is 1. The molecule has 26 heavy (non-hydrogen) atoms. The number of carboxylic acids is 1. The highest BCUT2D eigenvalue weighted by Crippen LogP contribution is 2.27. The number of hydrogen-bond acceptors (Lipinski definition) is 4. The van der Waals surface area contributed by atoms with E-state index < -0.39 is 28.5 Å². The predicted molar refractivity (Wildman–Crippen MR) is 98.1 cm³/mol. The van der Waals surface area contributed by atoms with E-state index in [1.807, 2.05) is 18.2 Å². The fourth-order valence-electron chi connectivity index (χ4n) is 2.73. The molecule has 0 aliphatic heterocycles. The van der Waals surface area contributed by atoms with Crippen molar-refractivity contribution in [3.8, 4) is 0 Å². The quantitative estimate of drug-likeness (QED) is 0.703. The summed E-state index contributed by atoms with van der Waals surface area (Å²) in [5.74, 6) is -1.38. The number of hydrogen-bond donors (Lipinski definition) is 1. The molecule has 0 bridgehead atoms. The van der Waals surface area contributed by atoms with Gasteiger partial charge in [0.15, 0.2) is 0 Å². The average Bonchev–Trinajstić information content (AvgIpc) is 2.60. The summed E-state index contributed by atoms with van der Waals surface area (Å²) in [6.45, 7) is 0. The minimum absolute atomic E-state index is 0.0478. The summed E-state index contributed by atoms with van der Waals surface area (Å²) >= 11 is 6.11. The molecule has 1 N–H and O–H groups in total. The molecule has 3 aromatic carbocycles. The van der Waals surface area contributed by atoms with Gasteiger partial charge in [0.1, 0.15) is 0 Å². The van der Waals surface area contributed by atoms with Crippen molar-refractivity contribution in [2.45, 2.75) is 17.4 Å². The molecule has 134 valence electrons. The highest BCUT2D eigenvalue weighted by molar-refractivity contribution is 7.89. The summed E-state index contributed by atoms with van der Waals surface area (Å²) in [5, 5.41) is 13.1. The van der Waals surface area contributed by atoms with Crippen molar-refractivity contribution >= 4 is 38.4 Å². The Morgan fingerprint density at radius 2 is 1.65 bits per heavy atom. The number of carbonyl (C=O) groups excluding carboxylic acids is 1. The molecule has 7 heteroatoms. The lowest BCUT2D eigenvalue weighted by Gasteiger charge is -2.21. The second kappa shape index (κ2) is 7.45. The van der Waals surface area contributed by atoms with Crippen LogP contribution in [0.2, 0.25) is 5.02 Å². The van der Waals surface area contributed by atoms with Gasteiger partial charge in [-0.25, -0.2) is 13.1 Å². The summed E-state index contributed by atoms with van der Waals surface area (Å²) in [4.78, 5) is 11.2. The van der Waals surface area contributed by atoms with Gasteiger partial charge in [-0.05, 0) is 34.5 Å². The first kappa shape index (κ1) is 18.4. The molecule has 0 saturated carbocycles. The Kier molecular flexibility index (Phi) is 5.27. The summed E-state index contributed by atoms with van der Waals surface area (Å²) in [5.41, 5.74) is 0.378. The average molecular weight is 389 g/mol. The Balaban J connectivity index is 1.98. The molecule has 0 heterocycles. The summed E-state index contributed by atoms with van der Waals surface area (Å²) in [6.07, 6.45) is -0.531. The Bertz CT molecular complexity index is 1070. The standard InChI is InChI=1S/C19H16ClNO4S/c20-17-8-4-3-7-16(17)18(12-19(22)23)21-26(24,25)15-10-9-13-5-1-2-6-14(13)11-15/h1-11,18,21H,12H2,(H,22,23)/p-1/t18-/m0/s1. The van der Waals surface area contributed by atoms with Gasteiger partial charge in [-0.2, -0.15) is 0 Å². The van der Waals surface area contributed by atoms with Crippen LogP contribution < -0.4 is 9.83 Å². The number of halogens is 1. The van der Waals surface area contributed by atoms with E-state index >= 15 is 0 Å². The third-order valence-corrected chi connectivity index (χ3v) is 5.79. The number of aliphatic carboxylic acids is 1. The maximum Gasteiger partial charge on any atom is 0.241 e. The van der Waals surface area contributed by atoms with Crippen molar-refractivity contribution in [2.75, 3.05) is 0 Å². The molecule has 0 spiro atoms. The first-order valence-corrected chi connectivity index (χ1v) is 9.68. The van der Waals surface area contributed by atoms with Gasteiger partial charge in [-0.3, -0.25) is 0 Å². The number of sulfonamides is 1. The first-order chi connectivity index (χ1) is 12.4. The van der Waals surface area contributed by atoms with Crippen molar-refractivity contribution < 1.29 is 18.3 Å². The molecule has 3 rings (SSSR count). The minimum Gasteiger partial charge on any atom is -0.550 e. The maximum absolute atomic E-state index is 12.8. The number of nitrogens with one attached hydrogen (secondary N) is 1. The van der Waals surface area contributed by atoms with Crippen LogP contribution >= 0.6 is 11.6 Å². The fraction of sp³-hybridized carbons (Fsp3) is 0.105. The van der Waals surface area contributed by atoms with Gasteiger partial charge >= 0.3 is 0 Å². The van der Waals surface area contributed by atoms with Crippen LogP contribution in [0, 0.1) is 0 Å². The van der Waals surface area contributed by atoms with Crippen LogP contribution in [0.25, 0.3) is 10.8 Å². The van der Waals surface area contributed by atoms with E-state index in [2.05, 4.69) is 4.72 Å². The van der Waals surface area contributed by atoms with Crippen molar-refractivity contribution in [2.24, 2.45) is 0 Å². The topological polar surface area (TPSA) is 86.3 Å². The summed E-state index contributed by atoms with van der Waals surface area (Å²) in [7, 11) is -3.96. The lowest BCUT2D eigenvalue weighted by Crippen LogP contribution is -2.34. The van der Waals surface area contributed by atoms with Crippen molar-refractivity contribution in [3.05, 3.63) is 77.3 Å². The SMILES string of the molecule is O=C([O-])C[C@H](NS(=O)(=O)c1ccc2ccccc2c1)c1ccccc1Cl. The van der Waals surface area contributed by atoms with Crippen LogP contribution in [0.4, 0.5) is 0 Å². The van der Waals surface area contributed by atoms with Gasteiger partial charge in [-0.1, -0.05) is 60.1 Å². The van der Waals surface area contributed by atoms with Crippen LogP contribution in [-0.4, -0.2) is 14.4 Å². The van der Waals surface area contributed by atoms with Crippen LogP contribution in [0.15, 0.2) is 71.6 Å². The van der Waals surface area contributed by atoms with Crippen molar-refractivity contribution in [1.29, 1.82) is 0 Å². The molecule has 0 aromatic heterocycles. The number of rotatable bonds is 6. The lowest BCUT2D eigenvalue weighted by atomic mass is 10.1. The largest absolute Gasteiger partial charge is 0.550 e. The lowest BCUT2D eigenvalue weighted by molar-refractivity contribution is -0.306. The summed E-state index contributed by atoms with van der Waals surface area (Å²) in [6, 6.07) is 17.5. The highest BCUT2D eigenvalue weighted by Gasteiger charge is 2.23. The fourth-order valence-corrected chi connectivity index (χ4v) is 4.25. The molecule has 0 saturated heterocycles. The number of carbonyl (C=O) groups is 1. The van der Waals surface area contributed by atoms with Gasteiger partial charge < -0.3 is 9.90 Å². The molecule has 0 aliphatic carbocycles. The zero-order valence-electron chi connectivity index (χ0n) is 13.6.